The van der Waals surface area contributed by atoms with Crippen LogP contribution in [0.25, 0.3) is 0 Å². The fourth-order valence-corrected chi connectivity index (χ4v) is 3.56. The molecule has 3 N–H and O–H groups in total. The van der Waals surface area contributed by atoms with E-state index in [2.05, 4.69) is 10.3 Å². The van der Waals surface area contributed by atoms with E-state index in [9.17, 15) is 18.4 Å². The molecule has 1 unspecified atom stereocenters. The predicted molar refractivity (Wildman–Crippen MR) is 123 cm³/mol. The molecule has 0 spiro atoms. The number of nitrogens with zero attached hydrogens (tertiary/aromatic N) is 3. The van der Waals surface area contributed by atoms with Gasteiger partial charge in [-0.15, -0.1) is 0 Å². The maximum atomic E-state index is 14.7. The number of amidine groups is 1. The lowest BCUT2D eigenvalue weighted by Gasteiger charge is -2.28. The van der Waals surface area contributed by atoms with Crippen LogP contribution < -0.4 is 5.32 Å². The van der Waals surface area contributed by atoms with Crippen LogP contribution >= 0.6 is 0 Å². The van der Waals surface area contributed by atoms with Crippen molar-refractivity contribution in [2.45, 2.75) is 32.9 Å². The number of nitrogens with one attached hydrogen (secondary N) is 3. The Labute approximate surface area is 195 Å². The van der Waals surface area contributed by atoms with Gasteiger partial charge in [-0.25, -0.2) is 18.6 Å². The molecule has 0 saturated carbocycles. The van der Waals surface area contributed by atoms with E-state index in [1.54, 1.807) is 6.92 Å². The van der Waals surface area contributed by atoms with E-state index in [0.29, 0.717) is 18.5 Å². The van der Waals surface area contributed by atoms with Crippen LogP contribution in [0.4, 0.5) is 19.4 Å². The zero-order valence-electron chi connectivity index (χ0n) is 18.9. The van der Waals surface area contributed by atoms with Gasteiger partial charge in [0.15, 0.2) is 5.84 Å². The van der Waals surface area contributed by atoms with Crippen LogP contribution in [0.2, 0.25) is 0 Å². The second kappa shape index (κ2) is 10.8. The highest BCUT2D eigenvalue weighted by Crippen LogP contribution is 2.24. The Morgan fingerprint density at radius 2 is 2.12 bits per heavy atom. The standard InChI is InChI=1S/C23H26F2N6O3/c1-3-34-23(33)30-8-7-15-10-18(25)17(9-16(15)12-30)22(32)29-20-6-4-5-19(28-20)21(27)31(13-26)14(2)11-24/h4-6,9-10,13-14,26-27H,3,7-8,11-12H2,1-2H3,(H,28,29,32). The minimum Gasteiger partial charge on any atom is -0.450 e. The van der Waals surface area contributed by atoms with E-state index in [-0.39, 0.29) is 36.1 Å². The number of hydrogen-bond donors (Lipinski definition) is 3. The molecule has 2 aromatic rings. The Morgan fingerprint density at radius 3 is 2.79 bits per heavy atom. The number of carbonyl (C=O) groups excluding carboxylic acids is 2. The Hall–Kier alpha value is -3.89. The summed E-state index contributed by atoms with van der Waals surface area (Å²) < 4.78 is 32.8. The third-order valence-electron chi connectivity index (χ3n) is 5.40. The molecule has 0 aliphatic carbocycles. The number of fused-ring (bicyclic) bond motifs is 1. The van der Waals surface area contributed by atoms with Gasteiger partial charge in [-0.3, -0.25) is 15.6 Å². The van der Waals surface area contributed by atoms with Gasteiger partial charge in [0.2, 0.25) is 0 Å². The van der Waals surface area contributed by atoms with Crippen LogP contribution in [0.1, 0.15) is 41.0 Å². The summed E-state index contributed by atoms with van der Waals surface area (Å²) >= 11 is 0. The van der Waals surface area contributed by atoms with E-state index in [4.69, 9.17) is 15.6 Å². The minimum atomic E-state index is -0.764. The SMILES string of the molecule is CCOC(=O)N1CCc2cc(F)c(C(=O)Nc3cccc(C(=N)N(C=N)C(C)CF)n3)cc2C1. The molecule has 1 aliphatic rings. The van der Waals surface area contributed by atoms with Crippen molar-refractivity contribution in [1.82, 2.24) is 14.8 Å². The van der Waals surface area contributed by atoms with Gasteiger partial charge in [0.05, 0.1) is 24.6 Å². The van der Waals surface area contributed by atoms with E-state index >= 15 is 0 Å². The van der Waals surface area contributed by atoms with Crippen molar-refractivity contribution in [1.29, 1.82) is 10.8 Å². The molecule has 11 heteroatoms. The van der Waals surface area contributed by atoms with Crippen LogP contribution in [0.3, 0.4) is 0 Å². The molecule has 1 aliphatic heterocycles. The van der Waals surface area contributed by atoms with E-state index in [0.717, 1.165) is 16.8 Å². The number of pyridine rings is 1. The average molecular weight is 472 g/mol. The van der Waals surface area contributed by atoms with Crippen molar-refractivity contribution < 1.29 is 23.1 Å². The third kappa shape index (κ3) is 5.36. The molecule has 1 aromatic carbocycles. The minimum absolute atomic E-state index is 0.0651. The number of rotatable bonds is 7. The second-order valence-corrected chi connectivity index (χ2v) is 7.72. The normalized spacial score (nSPS) is 13.5. The van der Waals surface area contributed by atoms with Crippen molar-refractivity contribution in [3.63, 3.8) is 0 Å². The molecule has 0 radical (unpaired) electrons. The van der Waals surface area contributed by atoms with Crippen LogP contribution in [0.15, 0.2) is 30.3 Å². The number of aromatic nitrogens is 1. The Kier molecular flexibility index (Phi) is 7.87. The molecule has 9 nitrogen and oxygen atoms in total. The largest absolute Gasteiger partial charge is 0.450 e. The highest BCUT2D eigenvalue weighted by Gasteiger charge is 2.25. The molecule has 0 bridgehead atoms. The molecule has 1 atom stereocenters. The average Bonchev–Trinajstić information content (AvgIpc) is 2.83. The summed E-state index contributed by atoms with van der Waals surface area (Å²) in [7, 11) is 0. The van der Waals surface area contributed by atoms with Gasteiger partial charge in [-0.2, -0.15) is 0 Å². The molecule has 2 amide bonds. The molecule has 180 valence electrons. The van der Waals surface area contributed by atoms with E-state index in [1.807, 2.05) is 0 Å². The number of carbonyl (C=O) groups is 2. The number of amides is 2. The summed E-state index contributed by atoms with van der Waals surface area (Å²) in [6.45, 7) is 3.31. The van der Waals surface area contributed by atoms with Gasteiger partial charge >= 0.3 is 6.09 Å². The Balaban J connectivity index is 1.80. The zero-order valence-corrected chi connectivity index (χ0v) is 18.9. The topological polar surface area (TPSA) is 122 Å². The lowest BCUT2D eigenvalue weighted by molar-refractivity contribution is 0.102. The highest BCUT2D eigenvalue weighted by molar-refractivity contribution is 6.05. The fraction of sp³-hybridized carbons (Fsp3) is 0.348. The lowest BCUT2D eigenvalue weighted by Crippen LogP contribution is -2.39. The molecular weight excluding hydrogens is 446 g/mol. The summed E-state index contributed by atoms with van der Waals surface area (Å²) in [5, 5.41) is 18.2. The van der Waals surface area contributed by atoms with Gasteiger partial charge in [-0.05, 0) is 55.7 Å². The number of halogens is 2. The Bertz CT molecular complexity index is 1110. The van der Waals surface area contributed by atoms with Gasteiger partial charge in [0.25, 0.3) is 5.91 Å². The highest BCUT2D eigenvalue weighted by atomic mass is 19.1. The van der Waals surface area contributed by atoms with Crippen molar-refractivity contribution >= 4 is 30.0 Å². The quantitative estimate of drug-likeness (QED) is 0.420. The molecule has 0 saturated heterocycles. The third-order valence-corrected chi connectivity index (χ3v) is 5.40. The fourth-order valence-electron chi connectivity index (χ4n) is 3.56. The molecular formula is C23H26F2N6O3. The number of hydrogen-bond acceptors (Lipinski definition) is 6. The smallest absolute Gasteiger partial charge is 0.410 e. The van der Waals surface area contributed by atoms with Crippen LogP contribution in [-0.2, 0) is 17.7 Å². The summed E-state index contributed by atoms with van der Waals surface area (Å²) in [6, 6.07) is 6.48. The maximum absolute atomic E-state index is 14.7. The van der Waals surface area contributed by atoms with Gasteiger partial charge in [0, 0.05) is 13.1 Å². The lowest BCUT2D eigenvalue weighted by atomic mass is 9.97. The second-order valence-electron chi connectivity index (χ2n) is 7.72. The number of ether oxygens (including phenoxy) is 1. The van der Waals surface area contributed by atoms with Crippen molar-refractivity contribution in [2.75, 3.05) is 25.1 Å². The summed E-state index contributed by atoms with van der Waals surface area (Å²) in [5.41, 5.74) is 1.27. The first-order chi connectivity index (χ1) is 16.3. The first-order valence-electron chi connectivity index (χ1n) is 10.7. The number of alkyl halides is 1. The van der Waals surface area contributed by atoms with E-state index < -0.39 is 30.5 Å². The van der Waals surface area contributed by atoms with Crippen LogP contribution in [-0.4, -0.2) is 64.8 Å². The number of benzene rings is 1. The zero-order chi connectivity index (χ0) is 24.8. The summed E-state index contributed by atoms with van der Waals surface area (Å²) in [6.07, 6.45) is 0.814. The maximum Gasteiger partial charge on any atom is 0.410 e. The van der Waals surface area contributed by atoms with E-state index in [1.165, 1.54) is 42.2 Å². The Morgan fingerprint density at radius 1 is 1.35 bits per heavy atom. The van der Waals surface area contributed by atoms with Gasteiger partial charge < -0.3 is 19.9 Å². The number of anilines is 1. The van der Waals surface area contributed by atoms with Crippen LogP contribution in [0.5, 0.6) is 0 Å². The first kappa shape index (κ1) is 24.7. The van der Waals surface area contributed by atoms with Gasteiger partial charge in [-0.1, -0.05) is 6.07 Å². The van der Waals surface area contributed by atoms with Gasteiger partial charge in [0.1, 0.15) is 24.0 Å². The molecule has 1 aromatic heterocycles. The summed E-state index contributed by atoms with van der Waals surface area (Å²) in [5.74, 6) is -1.59. The molecule has 3 rings (SSSR count). The van der Waals surface area contributed by atoms with Crippen molar-refractivity contribution in [3.05, 3.63) is 58.5 Å². The van der Waals surface area contributed by atoms with Crippen LogP contribution in [0, 0.1) is 16.6 Å². The van der Waals surface area contributed by atoms with Crippen molar-refractivity contribution in [2.24, 2.45) is 0 Å². The molecule has 34 heavy (non-hydrogen) atoms. The predicted octanol–water partition coefficient (Wildman–Crippen LogP) is 3.58. The molecule has 0 fully saturated rings. The van der Waals surface area contributed by atoms with Crippen molar-refractivity contribution in [3.8, 4) is 0 Å². The monoisotopic (exact) mass is 472 g/mol. The molecule has 2 heterocycles. The first-order valence-corrected chi connectivity index (χ1v) is 10.7. The summed E-state index contributed by atoms with van der Waals surface area (Å²) in [4.78, 5) is 31.6.